The number of rotatable bonds is 11. The van der Waals surface area contributed by atoms with E-state index in [9.17, 15) is 24.0 Å². The third-order valence-electron chi connectivity index (χ3n) is 8.06. The van der Waals surface area contributed by atoms with Gasteiger partial charge in [0, 0.05) is 11.9 Å². The molecule has 268 valence electrons. The zero-order chi connectivity index (χ0) is 36.7. The van der Waals surface area contributed by atoms with Gasteiger partial charge in [-0.1, -0.05) is 44.2 Å². The van der Waals surface area contributed by atoms with E-state index >= 15 is 0 Å². The molecular formula is C36H52N6O7. The number of carbonyl (C=O) groups is 5. The van der Waals surface area contributed by atoms with Gasteiger partial charge in [0.1, 0.15) is 23.7 Å². The van der Waals surface area contributed by atoms with Crippen molar-refractivity contribution in [2.75, 3.05) is 13.7 Å². The number of nitrogens with zero attached hydrogens (tertiary/aromatic N) is 2. The van der Waals surface area contributed by atoms with Gasteiger partial charge in [-0.25, -0.2) is 10.2 Å². The fraction of sp³-hybridized carbons (Fsp3) is 0.556. The highest BCUT2D eigenvalue weighted by atomic mass is 16.6. The van der Waals surface area contributed by atoms with Crippen molar-refractivity contribution in [3.63, 3.8) is 0 Å². The van der Waals surface area contributed by atoms with E-state index in [0.717, 1.165) is 16.5 Å². The van der Waals surface area contributed by atoms with Crippen LogP contribution in [0, 0.1) is 11.3 Å². The van der Waals surface area contributed by atoms with Gasteiger partial charge in [0.2, 0.25) is 11.8 Å². The fourth-order valence-electron chi connectivity index (χ4n) is 5.22. The van der Waals surface area contributed by atoms with Crippen molar-refractivity contribution in [3.05, 3.63) is 47.7 Å². The smallest absolute Gasteiger partial charge is 0.408 e. The van der Waals surface area contributed by atoms with E-state index in [4.69, 9.17) is 14.5 Å². The Morgan fingerprint density at radius 1 is 0.980 bits per heavy atom. The molecule has 13 heteroatoms. The fourth-order valence-corrected chi connectivity index (χ4v) is 5.22. The van der Waals surface area contributed by atoms with Crippen molar-refractivity contribution in [3.8, 4) is 0 Å². The van der Waals surface area contributed by atoms with Gasteiger partial charge in [0.15, 0.2) is 0 Å². The molecule has 1 aromatic carbocycles. The van der Waals surface area contributed by atoms with E-state index in [1.165, 1.54) is 12.1 Å². The highest BCUT2D eigenvalue weighted by Gasteiger charge is 2.34. The van der Waals surface area contributed by atoms with Crippen LogP contribution in [0.3, 0.4) is 0 Å². The van der Waals surface area contributed by atoms with Crippen LogP contribution in [0.4, 0.5) is 4.79 Å². The number of hydrogen-bond acceptors (Lipinski definition) is 9. The first-order valence-electron chi connectivity index (χ1n) is 16.7. The maximum atomic E-state index is 13.3. The number of methoxy groups -OCH3 is 1. The van der Waals surface area contributed by atoms with E-state index in [0.29, 0.717) is 25.1 Å². The number of esters is 1. The molecule has 0 bridgehead atoms. The number of fused-ring (bicyclic) bond motifs is 1. The van der Waals surface area contributed by atoms with Crippen LogP contribution < -0.4 is 21.4 Å². The predicted octanol–water partition coefficient (Wildman–Crippen LogP) is 4.17. The van der Waals surface area contributed by atoms with Gasteiger partial charge in [-0.2, -0.15) is 0 Å². The van der Waals surface area contributed by atoms with Crippen LogP contribution in [0.15, 0.2) is 36.4 Å². The summed E-state index contributed by atoms with van der Waals surface area (Å²) in [7, 11) is 1.36. The lowest BCUT2D eigenvalue weighted by Crippen LogP contribution is -2.62. The molecule has 1 saturated heterocycles. The summed E-state index contributed by atoms with van der Waals surface area (Å²) < 4.78 is 10.2. The molecule has 2 heterocycles. The minimum Gasteiger partial charge on any atom is -0.468 e. The minimum atomic E-state index is -0.921. The molecule has 2 aromatic rings. The Bertz CT molecular complexity index is 1560. The van der Waals surface area contributed by atoms with Crippen LogP contribution in [0.25, 0.3) is 17.0 Å². The normalized spacial score (nSPS) is 17.3. The largest absolute Gasteiger partial charge is 0.468 e. The Morgan fingerprint density at radius 3 is 2.29 bits per heavy atom. The van der Waals surface area contributed by atoms with Gasteiger partial charge in [0.25, 0.3) is 5.91 Å². The first kappa shape index (κ1) is 38.9. The van der Waals surface area contributed by atoms with E-state index < -0.39 is 53.1 Å². The third-order valence-corrected chi connectivity index (χ3v) is 8.06. The molecule has 3 rings (SSSR count). The summed E-state index contributed by atoms with van der Waals surface area (Å²) in [4.78, 5) is 68.8. The van der Waals surface area contributed by atoms with Crippen molar-refractivity contribution in [2.24, 2.45) is 11.3 Å². The molecule has 1 fully saturated rings. The van der Waals surface area contributed by atoms with Crippen LogP contribution >= 0.6 is 0 Å². The first-order valence-corrected chi connectivity index (χ1v) is 16.7. The number of hydrazine groups is 1. The molecule has 0 radical (unpaired) electrons. The van der Waals surface area contributed by atoms with E-state index in [1.54, 1.807) is 61.5 Å². The second-order valence-electron chi connectivity index (χ2n) is 14.4. The summed E-state index contributed by atoms with van der Waals surface area (Å²) in [5.74, 6) is -1.81. The van der Waals surface area contributed by atoms with Crippen molar-refractivity contribution >= 4 is 46.8 Å². The first-order chi connectivity index (χ1) is 22.8. The third kappa shape index (κ3) is 11.0. The molecule has 1 aromatic heterocycles. The van der Waals surface area contributed by atoms with Crippen LogP contribution in [0.5, 0.6) is 0 Å². The van der Waals surface area contributed by atoms with Gasteiger partial charge >= 0.3 is 12.1 Å². The van der Waals surface area contributed by atoms with Crippen molar-refractivity contribution in [1.82, 2.24) is 31.4 Å². The average Bonchev–Trinajstić information content (AvgIpc) is 3.03. The molecule has 0 spiro atoms. The molecule has 4 atom stereocenters. The van der Waals surface area contributed by atoms with Crippen molar-refractivity contribution in [2.45, 2.75) is 105 Å². The number of aromatic nitrogens is 1. The van der Waals surface area contributed by atoms with Crippen molar-refractivity contribution < 1.29 is 33.4 Å². The highest BCUT2D eigenvalue weighted by molar-refractivity contribution is 5.91. The predicted molar refractivity (Wildman–Crippen MR) is 187 cm³/mol. The number of hydrogen-bond donors (Lipinski definition) is 4. The number of alkyl carbamates (subject to hydrolysis) is 1. The number of nitrogens with one attached hydrogen (secondary N) is 4. The lowest BCUT2D eigenvalue weighted by molar-refractivity contribution is -0.148. The summed E-state index contributed by atoms with van der Waals surface area (Å²) in [6, 6.07) is 6.67. The molecular weight excluding hydrogens is 628 g/mol. The topological polar surface area (TPSA) is 168 Å². The molecule has 49 heavy (non-hydrogen) atoms. The van der Waals surface area contributed by atoms with Crippen LogP contribution in [-0.2, 0) is 28.7 Å². The van der Waals surface area contributed by atoms with Crippen LogP contribution in [0.1, 0.15) is 92.5 Å². The minimum absolute atomic E-state index is 0.264. The Morgan fingerprint density at radius 2 is 1.65 bits per heavy atom. The Labute approximate surface area is 288 Å². The molecule has 0 aliphatic carbocycles. The maximum absolute atomic E-state index is 13.3. The van der Waals surface area contributed by atoms with Crippen LogP contribution in [0.2, 0.25) is 0 Å². The van der Waals surface area contributed by atoms with Gasteiger partial charge in [-0.3, -0.25) is 29.2 Å². The van der Waals surface area contributed by atoms with Gasteiger partial charge in [-0.15, -0.1) is 0 Å². The number of ether oxygens (including phenoxy) is 2. The molecule has 0 saturated carbocycles. The Kier molecular flexibility index (Phi) is 12.9. The standard InChI is InChI=1S/C36H52N6O7/c1-21(2)29(40-34(47)49-35(5,6)7)31(44)38-23(4)32(45)42-19-11-12-27(41-42)30(43)37-22(3)26-16-15-25-14-13-24(20-28(25)39-26)17-18-36(8,9)33(46)48-10/h13-18,20-23,27,29,41H,11-12,19H2,1-10H3,(H,37,43)(H,38,44)(H,40,47)/t22-,23+,27+,29+/m1/s1. The van der Waals surface area contributed by atoms with Crippen molar-refractivity contribution in [1.29, 1.82) is 0 Å². The number of amides is 4. The summed E-state index contributed by atoms with van der Waals surface area (Å²) >= 11 is 0. The molecule has 1 aliphatic rings. The molecule has 13 nitrogen and oxygen atoms in total. The average molecular weight is 681 g/mol. The van der Waals surface area contributed by atoms with Gasteiger partial charge in [0.05, 0.1) is 29.8 Å². The summed E-state index contributed by atoms with van der Waals surface area (Å²) in [5.41, 5.74) is 3.77. The quantitative estimate of drug-likeness (QED) is 0.255. The SMILES string of the molecule is COC(=O)C(C)(C)C=Cc1ccc2ccc([C@@H](C)NC(=O)[C@@H]3CCCN(C(=O)[C@H](C)NC(=O)[C@@H](NC(=O)OC(C)(C)C)C(C)C)N3)nc2c1. The zero-order valence-corrected chi connectivity index (χ0v) is 30.3. The molecule has 4 amide bonds. The molecule has 0 unspecified atom stereocenters. The zero-order valence-electron chi connectivity index (χ0n) is 30.3. The monoisotopic (exact) mass is 680 g/mol. The van der Waals surface area contributed by atoms with E-state index in [1.807, 2.05) is 43.3 Å². The molecule has 1 aliphatic heterocycles. The van der Waals surface area contributed by atoms with Gasteiger partial charge < -0.3 is 25.4 Å². The second kappa shape index (κ2) is 16.3. The Hall–Kier alpha value is -4.52. The summed E-state index contributed by atoms with van der Waals surface area (Å²) in [6.45, 7) is 16.1. The summed E-state index contributed by atoms with van der Waals surface area (Å²) in [6.07, 6.45) is 4.02. The number of pyridine rings is 1. The van der Waals surface area contributed by atoms with E-state index in [-0.39, 0.29) is 17.8 Å². The number of carbonyl (C=O) groups excluding carboxylic acids is 5. The summed E-state index contributed by atoms with van der Waals surface area (Å²) in [5, 5.41) is 10.6. The lowest BCUT2D eigenvalue weighted by atomic mass is 9.92. The second-order valence-corrected chi connectivity index (χ2v) is 14.4. The lowest BCUT2D eigenvalue weighted by Gasteiger charge is -2.35. The molecule has 4 N–H and O–H groups in total. The number of benzene rings is 1. The van der Waals surface area contributed by atoms with Crippen LogP contribution in [-0.4, -0.2) is 77.2 Å². The van der Waals surface area contributed by atoms with E-state index in [2.05, 4.69) is 21.4 Å². The Balaban J connectivity index is 1.62. The van der Waals surface area contributed by atoms with Gasteiger partial charge in [-0.05, 0) is 84.9 Å². The maximum Gasteiger partial charge on any atom is 0.408 e. The highest BCUT2D eigenvalue weighted by Crippen LogP contribution is 2.23.